The summed E-state index contributed by atoms with van der Waals surface area (Å²) >= 11 is 0. The number of nitrogens with one attached hydrogen (secondary N) is 1. The van der Waals surface area contributed by atoms with Crippen LogP contribution in [0, 0.1) is 5.92 Å². The second kappa shape index (κ2) is 8.82. The van der Waals surface area contributed by atoms with Crippen molar-refractivity contribution in [3.05, 3.63) is 30.1 Å². The van der Waals surface area contributed by atoms with E-state index in [0.717, 1.165) is 18.4 Å². The van der Waals surface area contributed by atoms with Crippen LogP contribution in [0.4, 0.5) is 0 Å². The van der Waals surface area contributed by atoms with Crippen molar-refractivity contribution < 1.29 is 8.42 Å². The molecule has 1 aliphatic rings. The highest BCUT2D eigenvalue weighted by Crippen LogP contribution is 2.26. The van der Waals surface area contributed by atoms with Crippen molar-refractivity contribution in [2.24, 2.45) is 5.92 Å². The van der Waals surface area contributed by atoms with Gasteiger partial charge in [0.2, 0.25) is 10.0 Å². The Kier molecular flexibility index (Phi) is 7.76. The molecule has 0 amide bonds. The molecule has 1 aromatic heterocycles. The van der Waals surface area contributed by atoms with Crippen LogP contribution in [0.25, 0.3) is 0 Å². The van der Waals surface area contributed by atoms with Crippen LogP contribution in [-0.4, -0.2) is 43.1 Å². The zero-order valence-corrected chi connectivity index (χ0v) is 14.9. The summed E-state index contributed by atoms with van der Waals surface area (Å²) in [5.41, 5.74) is 0.955. The van der Waals surface area contributed by atoms with Gasteiger partial charge in [0.15, 0.2) is 0 Å². The third-order valence-electron chi connectivity index (χ3n) is 3.90. The lowest BCUT2D eigenvalue weighted by molar-refractivity contribution is 0.269. The SMILES string of the molecule is CCCC(C)CS(=O)(=O)N1CCNCC1c1cccnc1.Cl. The first-order valence-corrected chi connectivity index (χ1v) is 9.25. The minimum Gasteiger partial charge on any atom is -0.313 e. The molecule has 2 unspecified atom stereocenters. The first kappa shape index (κ1) is 19.4. The second-order valence-corrected chi connectivity index (χ2v) is 7.76. The van der Waals surface area contributed by atoms with Crippen LogP contribution < -0.4 is 5.32 Å². The van der Waals surface area contributed by atoms with Gasteiger partial charge >= 0.3 is 0 Å². The standard InChI is InChI=1S/C15H25N3O2S.ClH/c1-3-5-13(2)12-21(19,20)18-9-8-17-11-15(18)14-6-4-7-16-10-14;/h4,6-7,10,13,15,17H,3,5,8-9,11-12H2,1-2H3;1H. The van der Waals surface area contributed by atoms with Gasteiger partial charge in [-0.15, -0.1) is 12.4 Å². The van der Waals surface area contributed by atoms with E-state index in [1.165, 1.54) is 0 Å². The molecular weight excluding hydrogens is 322 g/mol. The van der Waals surface area contributed by atoms with Gasteiger partial charge in [-0.3, -0.25) is 4.98 Å². The number of nitrogens with zero attached hydrogens (tertiary/aromatic N) is 2. The maximum atomic E-state index is 12.7. The zero-order valence-electron chi connectivity index (χ0n) is 13.2. The van der Waals surface area contributed by atoms with Gasteiger partial charge in [-0.25, -0.2) is 8.42 Å². The maximum absolute atomic E-state index is 12.7. The topological polar surface area (TPSA) is 62.3 Å². The number of hydrogen-bond acceptors (Lipinski definition) is 4. The van der Waals surface area contributed by atoms with Gasteiger partial charge in [0, 0.05) is 32.0 Å². The van der Waals surface area contributed by atoms with Crippen LogP contribution in [0.1, 0.15) is 38.3 Å². The Hall–Kier alpha value is -0.690. The van der Waals surface area contributed by atoms with Gasteiger partial charge in [-0.05, 0) is 24.0 Å². The maximum Gasteiger partial charge on any atom is 0.215 e. The highest BCUT2D eigenvalue weighted by Gasteiger charge is 2.33. The molecule has 5 nitrogen and oxygen atoms in total. The molecule has 0 spiro atoms. The van der Waals surface area contributed by atoms with Gasteiger partial charge in [-0.1, -0.05) is 26.3 Å². The van der Waals surface area contributed by atoms with Crippen LogP contribution in [0.3, 0.4) is 0 Å². The van der Waals surface area contributed by atoms with Crippen molar-refractivity contribution in [3.8, 4) is 0 Å². The Bertz CT molecular complexity index is 539. The third-order valence-corrected chi connectivity index (χ3v) is 6.04. The van der Waals surface area contributed by atoms with Crippen LogP contribution in [-0.2, 0) is 10.0 Å². The average molecular weight is 348 g/mol. The average Bonchev–Trinajstić information content (AvgIpc) is 2.48. The van der Waals surface area contributed by atoms with Crippen LogP contribution in [0.15, 0.2) is 24.5 Å². The molecule has 7 heteroatoms. The smallest absolute Gasteiger partial charge is 0.215 e. The molecule has 126 valence electrons. The zero-order chi connectivity index (χ0) is 15.3. The summed E-state index contributed by atoms with van der Waals surface area (Å²) in [5.74, 6) is 0.432. The summed E-state index contributed by atoms with van der Waals surface area (Å²) in [6, 6.07) is 3.66. The molecule has 0 aromatic carbocycles. The fraction of sp³-hybridized carbons (Fsp3) is 0.667. The van der Waals surface area contributed by atoms with Crippen molar-refractivity contribution >= 4 is 22.4 Å². The summed E-state index contributed by atoms with van der Waals surface area (Å²) in [6.45, 7) is 5.99. The molecule has 0 radical (unpaired) electrons. The van der Waals surface area contributed by atoms with Crippen LogP contribution >= 0.6 is 12.4 Å². The quantitative estimate of drug-likeness (QED) is 0.857. The molecule has 2 heterocycles. The largest absolute Gasteiger partial charge is 0.313 e. The van der Waals surface area contributed by atoms with E-state index in [1.807, 2.05) is 19.1 Å². The number of piperazine rings is 1. The van der Waals surface area contributed by atoms with Gasteiger partial charge in [0.1, 0.15) is 0 Å². The normalized spacial score (nSPS) is 21.1. The number of halogens is 1. The van der Waals surface area contributed by atoms with Crippen molar-refractivity contribution in [2.75, 3.05) is 25.4 Å². The monoisotopic (exact) mass is 347 g/mol. The van der Waals surface area contributed by atoms with Gasteiger partial charge in [0.05, 0.1) is 11.8 Å². The summed E-state index contributed by atoms with van der Waals surface area (Å²) < 4.78 is 27.1. The van der Waals surface area contributed by atoms with E-state index in [0.29, 0.717) is 19.6 Å². The first-order valence-electron chi connectivity index (χ1n) is 7.64. The summed E-state index contributed by atoms with van der Waals surface area (Å²) in [7, 11) is -3.24. The van der Waals surface area contributed by atoms with E-state index >= 15 is 0 Å². The van der Waals surface area contributed by atoms with Gasteiger partial charge in [-0.2, -0.15) is 4.31 Å². The lowest BCUT2D eigenvalue weighted by atomic mass is 10.1. The highest BCUT2D eigenvalue weighted by molar-refractivity contribution is 7.89. The number of hydrogen-bond donors (Lipinski definition) is 1. The summed E-state index contributed by atoms with van der Waals surface area (Å²) in [4.78, 5) is 4.12. The Morgan fingerprint density at radius 3 is 2.91 bits per heavy atom. The lowest BCUT2D eigenvalue weighted by Gasteiger charge is -2.35. The fourth-order valence-corrected chi connectivity index (χ4v) is 4.94. The Morgan fingerprint density at radius 1 is 1.50 bits per heavy atom. The number of sulfonamides is 1. The molecule has 2 atom stereocenters. The Balaban J connectivity index is 0.00000242. The number of pyridine rings is 1. The first-order chi connectivity index (χ1) is 10.0. The number of rotatable bonds is 6. The summed E-state index contributed by atoms with van der Waals surface area (Å²) in [5, 5.41) is 3.28. The van der Waals surface area contributed by atoms with E-state index < -0.39 is 10.0 Å². The van der Waals surface area contributed by atoms with Crippen LogP contribution in [0.5, 0.6) is 0 Å². The number of aromatic nitrogens is 1. The van der Waals surface area contributed by atoms with Crippen molar-refractivity contribution in [1.82, 2.24) is 14.6 Å². The van der Waals surface area contributed by atoms with Crippen LogP contribution in [0.2, 0.25) is 0 Å². The third kappa shape index (κ3) is 4.91. The molecule has 2 rings (SSSR count). The molecule has 1 aliphatic heterocycles. The van der Waals surface area contributed by atoms with E-state index in [9.17, 15) is 8.42 Å². The molecule has 0 saturated carbocycles. The lowest BCUT2D eigenvalue weighted by Crippen LogP contribution is -2.49. The van der Waals surface area contributed by atoms with Gasteiger partial charge in [0.25, 0.3) is 0 Å². The fourth-order valence-electron chi connectivity index (χ4n) is 2.91. The molecular formula is C15H26ClN3O2S. The van der Waals surface area contributed by atoms with Crippen molar-refractivity contribution in [1.29, 1.82) is 0 Å². The van der Waals surface area contributed by atoms with Gasteiger partial charge < -0.3 is 5.32 Å². The van der Waals surface area contributed by atoms with E-state index in [-0.39, 0.29) is 30.1 Å². The second-order valence-electron chi connectivity index (χ2n) is 5.79. The molecule has 0 bridgehead atoms. The van der Waals surface area contributed by atoms with E-state index in [2.05, 4.69) is 17.2 Å². The Morgan fingerprint density at radius 2 is 2.27 bits per heavy atom. The molecule has 1 N–H and O–H groups in total. The predicted molar refractivity (Wildman–Crippen MR) is 91.7 cm³/mol. The predicted octanol–water partition coefficient (Wildman–Crippen LogP) is 2.22. The van der Waals surface area contributed by atoms with Crippen molar-refractivity contribution in [3.63, 3.8) is 0 Å². The van der Waals surface area contributed by atoms with Crippen molar-refractivity contribution in [2.45, 2.75) is 32.7 Å². The van der Waals surface area contributed by atoms with E-state index in [4.69, 9.17) is 0 Å². The minimum absolute atomic E-state index is 0. The minimum atomic E-state index is -3.24. The molecule has 1 saturated heterocycles. The highest BCUT2D eigenvalue weighted by atomic mass is 35.5. The molecule has 22 heavy (non-hydrogen) atoms. The Labute approximate surface area is 140 Å². The summed E-state index contributed by atoms with van der Waals surface area (Å²) in [6.07, 6.45) is 5.44. The van der Waals surface area contributed by atoms with E-state index in [1.54, 1.807) is 16.7 Å². The molecule has 1 aromatic rings. The molecule has 0 aliphatic carbocycles. The molecule has 1 fully saturated rings.